The van der Waals surface area contributed by atoms with Crippen molar-refractivity contribution in [3.05, 3.63) is 48.5 Å². The molecule has 0 saturated carbocycles. The van der Waals surface area contributed by atoms with Gasteiger partial charge in [-0.05, 0) is 48.7 Å². The number of hydrogen-bond donors (Lipinski definition) is 2. The molecule has 2 N–H and O–H groups in total. The van der Waals surface area contributed by atoms with Gasteiger partial charge in [0.05, 0.1) is 13.7 Å². The summed E-state index contributed by atoms with van der Waals surface area (Å²) in [6, 6.07) is 16.1. The van der Waals surface area contributed by atoms with Crippen LogP contribution in [0.4, 0.5) is 11.4 Å². The smallest absolute Gasteiger partial charge is 0.121 e. The summed E-state index contributed by atoms with van der Waals surface area (Å²) in [5, 5.41) is 6.79. The molecule has 2 aromatic carbocycles. The van der Waals surface area contributed by atoms with Crippen molar-refractivity contribution in [2.24, 2.45) is 5.92 Å². The molecule has 0 spiro atoms. The van der Waals surface area contributed by atoms with Gasteiger partial charge in [-0.15, -0.1) is 0 Å². The third-order valence-electron chi connectivity index (χ3n) is 3.67. The van der Waals surface area contributed by atoms with Crippen LogP contribution in [0.5, 0.6) is 11.5 Å². The van der Waals surface area contributed by atoms with Gasteiger partial charge < -0.3 is 20.1 Å². The van der Waals surface area contributed by atoms with E-state index in [1.165, 1.54) is 0 Å². The van der Waals surface area contributed by atoms with Gasteiger partial charge in [-0.3, -0.25) is 0 Å². The SMILES string of the molecule is COc1ccc(NCCNc2cccc(OCCC(C)C)c2)cc1. The second-order valence-corrected chi connectivity index (χ2v) is 6.14. The summed E-state index contributed by atoms with van der Waals surface area (Å²) >= 11 is 0. The maximum absolute atomic E-state index is 5.79. The number of rotatable bonds is 10. The van der Waals surface area contributed by atoms with Crippen molar-refractivity contribution in [3.8, 4) is 11.5 Å². The first-order chi connectivity index (χ1) is 11.7. The maximum atomic E-state index is 5.79. The van der Waals surface area contributed by atoms with E-state index < -0.39 is 0 Å². The number of nitrogens with one attached hydrogen (secondary N) is 2. The summed E-state index contributed by atoms with van der Waals surface area (Å²) in [7, 11) is 1.67. The van der Waals surface area contributed by atoms with E-state index in [1.807, 2.05) is 42.5 Å². The van der Waals surface area contributed by atoms with Crippen molar-refractivity contribution >= 4 is 11.4 Å². The fourth-order valence-corrected chi connectivity index (χ4v) is 2.23. The summed E-state index contributed by atoms with van der Waals surface area (Å²) in [5.74, 6) is 2.45. The molecular weight excluding hydrogens is 300 g/mol. The molecule has 0 saturated heterocycles. The summed E-state index contributed by atoms with van der Waals surface area (Å²) in [5.41, 5.74) is 2.16. The zero-order chi connectivity index (χ0) is 17.2. The van der Waals surface area contributed by atoms with Crippen LogP contribution in [0.15, 0.2) is 48.5 Å². The minimum absolute atomic E-state index is 0.662. The lowest BCUT2D eigenvalue weighted by Crippen LogP contribution is -2.13. The monoisotopic (exact) mass is 328 g/mol. The Morgan fingerprint density at radius 2 is 1.58 bits per heavy atom. The fraction of sp³-hybridized carbons (Fsp3) is 0.400. The number of anilines is 2. The van der Waals surface area contributed by atoms with Crippen LogP contribution in [0.1, 0.15) is 20.3 Å². The first-order valence-electron chi connectivity index (χ1n) is 8.52. The third kappa shape index (κ3) is 6.41. The number of methoxy groups -OCH3 is 1. The largest absolute Gasteiger partial charge is 0.497 e. The van der Waals surface area contributed by atoms with Crippen LogP contribution in [0.3, 0.4) is 0 Å². The topological polar surface area (TPSA) is 42.5 Å². The molecule has 24 heavy (non-hydrogen) atoms. The van der Waals surface area contributed by atoms with Gasteiger partial charge in [0, 0.05) is 30.5 Å². The van der Waals surface area contributed by atoms with Crippen molar-refractivity contribution < 1.29 is 9.47 Å². The molecule has 0 fully saturated rings. The molecule has 0 unspecified atom stereocenters. The van der Waals surface area contributed by atoms with Crippen LogP contribution in [-0.4, -0.2) is 26.8 Å². The molecule has 0 heterocycles. The molecule has 0 atom stereocenters. The minimum Gasteiger partial charge on any atom is -0.497 e. The number of ether oxygens (including phenoxy) is 2. The predicted molar refractivity (Wildman–Crippen MR) is 101 cm³/mol. The molecule has 4 nitrogen and oxygen atoms in total. The van der Waals surface area contributed by atoms with Gasteiger partial charge in [-0.25, -0.2) is 0 Å². The van der Waals surface area contributed by atoms with Crippen LogP contribution in [0.2, 0.25) is 0 Å². The highest BCUT2D eigenvalue weighted by atomic mass is 16.5. The quantitative estimate of drug-likeness (QED) is 0.623. The lowest BCUT2D eigenvalue weighted by atomic mass is 10.1. The summed E-state index contributed by atoms with van der Waals surface area (Å²) in [6.07, 6.45) is 1.07. The Bertz CT molecular complexity index is 597. The van der Waals surface area contributed by atoms with Gasteiger partial charge in [-0.2, -0.15) is 0 Å². The van der Waals surface area contributed by atoms with Crippen LogP contribution < -0.4 is 20.1 Å². The van der Waals surface area contributed by atoms with Crippen LogP contribution in [0, 0.1) is 5.92 Å². The first kappa shape index (κ1) is 18.0. The highest BCUT2D eigenvalue weighted by molar-refractivity contribution is 5.49. The van der Waals surface area contributed by atoms with Crippen molar-refractivity contribution in [2.45, 2.75) is 20.3 Å². The molecule has 0 aliphatic carbocycles. The van der Waals surface area contributed by atoms with Gasteiger partial charge in [0.1, 0.15) is 11.5 Å². The van der Waals surface area contributed by atoms with Crippen LogP contribution >= 0.6 is 0 Å². The van der Waals surface area contributed by atoms with Crippen LogP contribution in [-0.2, 0) is 0 Å². The lowest BCUT2D eigenvalue weighted by molar-refractivity contribution is 0.289. The van der Waals surface area contributed by atoms with E-state index in [4.69, 9.17) is 9.47 Å². The van der Waals surface area contributed by atoms with Crippen molar-refractivity contribution in [3.63, 3.8) is 0 Å². The Balaban J connectivity index is 1.71. The Kier molecular flexibility index (Phi) is 7.27. The van der Waals surface area contributed by atoms with E-state index in [0.717, 1.165) is 49.0 Å². The second-order valence-electron chi connectivity index (χ2n) is 6.14. The van der Waals surface area contributed by atoms with Gasteiger partial charge in [0.25, 0.3) is 0 Å². The number of hydrogen-bond acceptors (Lipinski definition) is 4. The van der Waals surface area contributed by atoms with E-state index in [2.05, 4.69) is 30.5 Å². The van der Waals surface area contributed by atoms with E-state index in [0.29, 0.717) is 5.92 Å². The van der Waals surface area contributed by atoms with Gasteiger partial charge in [0.2, 0.25) is 0 Å². The molecule has 130 valence electrons. The molecule has 0 aliphatic rings. The fourth-order valence-electron chi connectivity index (χ4n) is 2.23. The summed E-state index contributed by atoms with van der Waals surface area (Å²) in [4.78, 5) is 0. The Labute approximate surface area is 145 Å². The second kappa shape index (κ2) is 9.71. The molecule has 0 radical (unpaired) electrons. The first-order valence-corrected chi connectivity index (χ1v) is 8.52. The molecular formula is C20H28N2O2. The summed E-state index contributed by atoms with van der Waals surface area (Å²) < 4.78 is 10.9. The zero-order valence-electron chi connectivity index (χ0n) is 14.8. The molecule has 4 heteroatoms. The average Bonchev–Trinajstić information content (AvgIpc) is 2.59. The highest BCUT2D eigenvalue weighted by Gasteiger charge is 1.99. The molecule has 0 amide bonds. The molecule has 0 aromatic heterocycles. The lowest BCUT2D eigenvalue weighted by Gasteiger charge is -2.12. The molecule has 2 aromatic rings. The Hall–Kier alpha value is -2.36. The molecule has 0 bridgehead atoms. The summed E-state index contributed by atoms with van der Waals surface area (Å²) in [6.45, 7) is 6.85. The van der Waals surface area contributed by atoms with Gasteiger partial charge in [0.15, 0.2) is 0 Å². The van der Waals surface area contributed by atoms with E-state index in [1.54, 1.807) is 7.11 Å². The molecule has 2 rings (SSSR count). The number of benzene rings is 2. The minimum atomic E-state index is 0.662. The van der Waals surface area contributed by atoms with E-state index in [9.17, 15) is 0 Å². The van der Waals surface area contributed by atoms with E-state index in [-0.39, 0.29) is 0 Å². The predicted octanol–water partition coefficient (Wildman–Crippen LogP) is 4.64. The van der Waals surface area contributed by atoms with E-state index >= 15 is 0 Å². The standard InChI is InChI=1S/C20H28N2O2/c1-16(2)11-14-24-20-6-4-5-18(15-20)22-13-12-21-17-7-9-19(23-3)10-8-17/h4-10,15-16,21-22H,11-14H2,1-3H3. The van der Waals surface area contributed by atoms with Gasteiger partial charge >= 0.3 is 0 Å². The van der Waals surface area contributed by atoms with Crippen molar-refractivity contribution in [1.29, 1.82) is 0 Å². The van der Waals surface area contributed by atoms with Gasteiger partial charge in [-0.1, -0.05) is 19.9 Å². The third-order valence-corrected chi connectivity index (χ3v) is 3.67. The normalized spacial score (nSPS) is 10.5. The Morgan fingerprint density at radius 3 is 2.25 bits per heavy atom. The van der Waals surface area contributed by atoms with Crippen LogP contribution in [0.25, 0.3) is 0 Å². The van der Waals surface area contributed by atoms with Crippen molar-refractivity contribution in [2.75, 3.05) is 37.4 Å². The van der Waals surface area contributed by atoms with Crippen molar-refractivity contribution in [1.82, 2.24) is 0 Å². The molecule has 0 aliphatic heterocycles. The highest BCUT2D eigenvalue weighted by Crippen LogP contribution is 2.18. The average molecular weight is 328 g/mol. The zero-order valence-corrected chi connectivity index (χ0v) is 14.8. The Morgan fingerprint density at radius 1 is 0.875 bits per heavy atom. The maximum Gasteiger partial charge on any atom is 0.121 e.